The number of urea groups is 1. The van der Waals surface area contributed by atoms with Crippen molar-refractivity contribution in [2.75, 3.05) is 11.9 Å². The molecule has 3 unspecified atom stereocenters. The number of aryl methyl sites for hydroxylation is 1. The summed E-state index contributed by atoms with van der Waals surface area (Å²) in [5.41, 5.74) is 1.59. The Morgan fingerprint density at radius 3 is 2.44 bits per heavy atom. The van der Waals surface area contributed by atoms with Crippen molar-refractivity contribution >= 4 is 23.6 Å². The van der Waals surface area contributed by atoms with Gasteiger partial charge in [0.1, 0.15) is 11.6 Å². The second-order valence-corrected chi connectivity index (χ2v) is 9.35. The van der Waals surface area contributed by atoms with Gasteiger partial charge in [-0.25, -0.2) is 9.59 Å². The monoisotopic (exact) mass is 462 g/mol. The molecule has 0 spiro atoms. The first kappa shape index (κ1) is 24.8. The van der Waals surface area contributed by atoms with Gasteiger partial charge in [0.15, 0.2) is 0 Å². The molecule has 8 heteroatoms. The molecule has 0 radical (unpaired) electrons. The van der Waals surface area contributed by atoms with Gasteiger partial charge in [0, 0.05) is 5.69 Å². The molecule has 1 aliphatic heterocycles. The number of carbonyl (C=O) groups is 3. The summed E-state index contributed by atoms with van der Waals surface area (Å²) in [7, 11) is 0. The molecule has 2 N–H and O–H groups in total. The highest BCUT2D eigenvalue weighted by Crippen LogP contribution is 2.41. The maximum atomic E-state index is 13.3. The Balaban J connectivity index is 1.81. The summed E-state index contributed by atoms with van der Waals surface area (Å²) in [6, 6.07) is 16.6. The van der Waals surface area contributed by atoms with Crippen molar-refractivity contribution in [2.24, 2.45) is 5.92 Å². The Bertz CT molecular complexity index is 1090. The van der Waals surface area contributed by atoms with Gasteiger partial charge in [0.25, 0.3) is 0 Å². The van der Waals surface area contributed by atoms with Crippen LogP contribution in [0.2, 0.25) is 0 Å². The molecule has 0 saturated carbocycles. The number of ether oxygens (including phenoxy) is 1. The number of hydrogen-bond donors (Lipinski definition) is 2. The van der Waals surface area contributed by atoms with Crippen LogP contribution in [0.15, 0.2) is 54.6 Å². The smallest absolute Gasteiger partial charge is 0.329 e. The normalized spacial score (nSPS) is 19.7. The number of nitrogens with one attached hydrogen (secondary N) is 2. The molecule has 178 valence electrons. The predicted molar refractivity (Wildman–Crippen MR) is 128 cm³/mol. The molecule has 3 amide bonds. The molecule has 34 heavy (non-hydrogen) atoms. The number of anilines is 1. The molecule has 0 aliphatic carbocycles. The average Bonchev–Trinajstić information content (AvgIpc) is 3.17. The van der Waals surface area contributed by atoms with E-state index in [1.165, 1.54) is 4.90 Å². The molecule has 0 bridgehead atoms. The van der Waals surface area contributed by atoms with E-state index in [2.05, 4.69) is 16.7 Å². The highest BCUT2D eigenvalue weighted by Gasteiger charge is 2.49. The molecule has 1 aliphatic rings. The molecule has 8 nitrogen and oxygen atoms in total. The Morgan fingerprint density at radius 1 is 1.12 bits per heavy atom. The lowest BCUT2D eigenvalue weighted by molar-refractivity contribution is -0.164. The third-order valence-electron chi connectivity index (χ3n) is 5.44. The van der Waals surface area contributed by atoms with Crippen LogP contribution in [-0.4, -0.2) is 41.0 Å². The molecule has 0 aromatic heterocycles. The number of nitriles is 1. The number of hydrogen-bond acceptors (Lipinski definition) is 5. The predicted octanol–water partition coefficient (Wildman–Crippen LogP) is 3.94. The van der Waals surface area contributed by atoms with Crippen LogP contribution in [0.3, 0.4) is 0 Å². The molecule has 1 fully saturated rings. The van der Waals surface area contributed by atoms with Crippen molar-refractivity contribution in [3.63, 3.8) is 0 Å². The van der Waals surface area contributed by atoms with Crippen molar-refractivity contribution in [2.45, 2.75) is 51.8 Å². The molecule has 3 atom stereocenters. The van der Waals surface area contributed by atoms with E-state index in [0.717, 1.165) is 11.1 Å². The Kier molecular flexibility index (Phi) is 7.57. The lowest BCUT2D eigenvalue weighted by Crippen LogP contribution is -2.48. The van der Waals surface area contributed by atoms with E-state index in [9.17, 15) is 19.6 Å². The first-order valence-electron chi connectivity index (χ1n) is 11.2. The van der Waals surface area contributed by atoms with Crippen LogP contribution < -0.4 is 10.6 Å². The molecule has 3 rings (SSSR count). The van der Waals surface area contributed by atoms with E-state index in [4.69, 9.17) is 4.74 Å². The summed E-state index contributed by atoms with van der Waals surface area (Å²) in [4.78, 5) is 40.1. The highest BCUT2D eigenvalue weighted by molar-refractivity contribution is 5.93. The van der Waals surface area contributed by atoms with Gasteiger partial charge in [-0.3, -0.25) is 4.79 Å². The second-order valence-electron chi connectivity index (χ2n) is 9.35. The Morgan fingerprint density at radius 2 is 1.82 bits per heavy atom. The van der Waals surface area contributed by atoms with E-state index in [0.29, 0.717) is 5.69 Å². The summed E-state index contributed by atoms with van der Waals surface area (Å²) in [6.45, 7) is 6.82. The van der Waals surface area contributed by atoms with Crippen molar-refractivity contribution in [1.29, 1.82) is 5.26 Å². The fourth-order valence-corrected chi connectivity index (χ4v) is 4.09. The fourth-order valence-electron chi connectivity index (χ4n) is 4.09. The van der Waals surface area contributed by atoms with E-state index in [1.54, 1.807) is 26.8 Å². The van der Waals surface area contributed by atoms with Crippen LogP contribution >= 0.6 is 0 Å². The molecule has 1 saturated heterocycles. The minimum absolute atomic E-state index is 0.159. The van der Waals surface area contributed by atoms with E-state index in [-0.39, 0.29) is 13.0 Å². The Hall–Kier alpha value is -3.86. The molecular formula is C26H30N4O4. The summed E-state index contributed by atoms with van der Waals surface area (Å²) < 4.78 is 5.55. The summed E-state index contributed by atoms with van der Waals surface area (Å²) >= 11 is 0. The summed E-state index contributed by atoms with van der Waals surface area (Å²) in [6.07, 6.45) is 0.159. The topological polar surface area (TPSA) is 112 Å². The van der Waals surface area contributed by atoms with E-state index in [1.807, 2.05) is 55.5 Å². The number of esters is 1. The van der Waals surface area contributed by atoms with Gasteiger partial charge in [-0.15, -0.1) is 0 Å². The zero-order valence-corrected chi connectivity index (χ0v) is 19.9. The molecule has 2 aromatic carbocycles. The zero-order valence-electron chi connectivity index (χ0n) is 19.9. The lowest BCUT2D eigenvalue weighted by atomic mass is 9.94. The van der Waals surface area contributed by atoms with Crippen molar-refractivity contribution in [3.05, 3.63) is 65.7 Å². The fraction of sp³-hybridized carbons (Fsp3) is 0.385. The van der Waals surface area contributed by atoms with Crippen molar-refractivity contribution < 1.29 is 19.1 Å². The van der Waals surface area contributed by atoms with Crippen LogP contribution in [-0.2, 0) is 14.3 Å². The Labute approximate surface area is 199 Å². The van der Waals surface area contributed by atoms with E-state index >= 15 is 0 Å². The van der Waals surface area contributed by atoms with Crippen LogP contribution in [0.4, 0.5) is 10.5 Å². The van der Waals surface area contributed by atoms with Crippen LogP contribution in [0.5, 0.6) is 0 Å². The zero-order chi connectivity index (χ0) is 24.9. The van der Waals surface area contributed by atoms with Crippen LogP contribution in [0.1, 0.15) is 44.4 Å². The second kappa shape index (κ2) is 10.4. The lowest BCUT2D eigenvalue weighted by Gasteiger charge is -2.32. The third kappa shape index (κ3) is 6.13. The quantitative estimate of drug-likeness (QED) is 0.654. The number of amides is 3. The van der Waals surface area contributed by atoms with E-state index < -0.39 is 41.5 Å². The van der Waals surface area contributed by atoms with Crippen LogP contribution in [0.25, 0.3) is 0 Å². The number of benzene rings is 2. The number of nitrogens with zero attached hydrogens (tertiary/aromatic N) is 2. The minimum atomic E-state index is -0.928. The van der Waals surface area contributed by atoms with Gasteiger partial charge in [-0.05, 0) is 57.4 Å². The van der Waals surface area contributed by atoms with Crippen molar-refractivity contribution in [3.8, 4) is 6.07 Å². The number of likely N-dealkylation sites (tertiary alicyclic amines) is 1. The molecule has 1 heterocycles. The first-order valence-corrected chi connectivity index (χ1v) is 11.2. The van der Waals surface area contributed by atoms with Gasteiger partial charge in [0.05, 0.1) is 24.6 Å². The molecular weight excluding hydrogens is 432 g/mol. The minimum Gasteiger partial charge on any atom is -0.458 e. The first-order chi connectivity index (χ1) is 16.1. The molecule has 2 aromatic rings. The van der Waals surface area contributed by atoms with Gasteiger partial charge >= 0.3 is 12.0 Å². The maximum Gasteiger partial charge on any atom is 0.329 e. The number of carbonyl (C=O) groups excluding carboxylic acids is 3. The largest absolute Gasteiger partial charge is 0.458 e. The van der Waals surface area contributed by atoms with Crippen molar-refractivity contribution in [1.82, 2.24) is 10.2 Å². The van der Waals surface area contributed by atoms with Gasteiger partial charge in [-0.2, -0.15) is 5.26 Å². The third-order valence-corrected chi connectivity index (χ3v) is 5.44. The standard InChI is InChI=1S/C26H30N4O4/c1-17-9-8-12-20(13-17)29-25(33)28-16-22(31)30-21(24(32)34-26(2,3)4)14-19(15-27)23(30)18-10-6-5-7-11-18/h5-13,19,21,23H,14,16H2,1-4H3,(H2,28,29,33). The van der Waals surface area contributed by atoms with Crippen LogP contribution in [0, 0.1) is 24.2 Å². The maximum absolute atomic E-state index is 13.3. The van der Waals surface area contributed by atoms with Gasteiger partial charge in [0.2, 0.25) is 5.91 Å². The highest BCUT2D eigenvalue weighted by atomic mass is 16.6. The average molecular weight is 463 g/mol. The number of rotatable bonds is 5. The van der Waals surface area contributed by atoms with Gasteiger partial charge in [-0.1, -0.05) is 42.5 Å². The summed E-state index contributed by atoms with van der Waals surface area (Å²) in [5, 5.41) is 15.1. The SMILES string of the molecule is Cc1cccc(NC(=O)NCC(=O)N2C(C(=O)OC(C)(C)C)CC(C#N)C2c2ccccc2)c1. The van der Waals surface area contributed by atoms with Gasteiger partial charge < -0.3 is 20.3 Å². The summed E-state index contributed by atoms with van der Waals surface area (Å²) in [5.74, 6) is -1.63.